The van der Waals surface area contributed by atoms with Gasteiger partial charge < -0.3 is 15.9 Å². The van der Waals surface area contributed by atoms with Gasteiger partial charge in [-0.3, -0.25) is 29.5 Å². The predicted molar refractivity (Wildman–Crippen MR) is 134 cm³/mol. The van der Waals surface area contributed by atoms with Gasteiger partial charge in [-0.05, 0) is 38.2 Å². The third-order valence-corrected chi connectivity index (χ3v) is 6.67. The van der Waals surface area contributed by atoms with Crippen LogP contribution in [0.4, 0.5) is 5.69 Å². The van der Waals surface area contributed by atoms with Crippen LogP contribution in [0, 0.1) is 12.8 Å². The molecule has 0 saturated carbocycles. The summed E-state index contributed by atoms with van der Waals surface area (Å²) in [6.45, 7) is 6.75. The van der Waals surface area contributed by atoms with Gasteiger partial charge in [-0.1, -0.05) is 13.8 Å². The molecule has 0 amide bonds. The first-order valence-corrected chi connectivity index (χ1v) is 12.0. The highest BCUT2D eigenvalue weighted by Crippen LogP contribution is 2.40. The van der Waals surface area contributed by atoms with Crippen LogP contribution < -0.4 is 22.6 Å². The lowest BCUT2D eigenvalue weighted by Gasteiger charge is -2.25. The van der Waals surface area contributed by atoms with Gasteiger partial charge in [0, 0.05) is 35.8 Å². The highest BCUT2D eigenvalue weighted by atomic mass is 16.6. The van der Waals surface area contributed by atoms with Crippen molar-refractivity contribution in [1.29, 1.82) is 0 Å². The number of hydrogen-bond donors (Lipinski definition) is 3. The van der Waals surface area contributed by atoms with Crippen molar-refractivity contribution in [2.75, 3.05) is 12.6 Å². The van der Waals surface area contributed by atoms with Crippen LogP contribution in [0.1, 0.15) is 88.7 Å². The van der Waals surface area contributed by atoms with Crippen LogP contribution in [-0.2, 0) is 16.1 Å². The molecule has 1 aromatic heterocycles. The fraction of sp³-hybridized carbons (Fsp3) is 0.500. The Labute approximate surface area is 208 Å². The fourth-order valence-electron chi connectivity index (χ4n) is 4.59. The van der Waals surface area contributed by atoms with Crippen molar-refractivity contribution in [2.24, 2.45) is 17.4 Å². The molecule has 2 aromatic rings. The molecule has 0 saturated heterocycles. The standard InChI is InChI=1S/C26H33N3O7/c1-11(2)22(28)24(33)21-20-17(32)10-9-16(31)18-12(3)19(20)25(36-26(18)34)14(23(21)29-35-5)7-6-8-15(30)13(4)27/h11,13,22,29H,6-10,27-28H2,1-5H3/t13-,22-/m0/s1. The molecule has 2 bridgehead atoms. The van der Waals surface area contributed by atoms with Crippen molar-refractivity contribution in [3.8, 4) is 0 Å². The molecular weight excluding hydrogens is 466 g/mol. The minimum absolute atomic E-state index is 0.0290. The average molecular weight is 500 g/mol. The number of anilines is 1. The quantitative estimate of drug-likeness (QED) is 0.251. The van der Waals surface area contributed by atoms with E-state index >= 15 is 0 Å². The molecule has 1 aliphatic rings. The number of nitrogens with two attached hydrogens (primary N) is 2. The van der Waals surface area contributed by atoms with E-state index in [2.05, 4.69) is 5.48 Å². The highest BCUT2D eigenvalue weighted by Gasteiger charge is 2.36. The number of nitrogens with one attached hydrogen (secondary N) is 1. The Morgan fingerprint density at radius 2 is 1.67 bits per heavy atom. The van der Waals surface area contributed by atoms with E-state index in [0.717, 1.165) is 0 Å². The summed E-state index contributed by atoms with van der Waals surface area (Å²) in [6.07, 6.45) is 0.311. The van der Waals surface area contributed by atoms with Crippen molar-refractivity contribution in [3.63, 3.8) is 0 Å². The van der Waals surface area contributed by atoms with Crippen molar-refractivity contribution in [2.45, 2.75) is 71.9 Å². The molecule has 10 heteroatoms. The summed E-state index contributed by atoms with van der Waals surface area (Å²) in [5.74, 6) is -1.80. The molecule has 36 heavy (non-hydrogen) atoms. The smallest absolute Gasteiger partial charge is 0.347 e. The van der Waals surface area contributed by atoms with Gasteiger partial charge in [0.2, 0.25) is 0 Å². The third kappa shape index (κ3) is 4.88. The van der Waals surface area contributed by atoms with Gasteiger partial charge in [0.15, 0.2) is 17.3 Å². The number of ketones is 4. The molecule has 1 heterocycles. The summed E-state index contributed by atoms with van der Waals surface area (Å²) in [4.78, 5) is 70.1. The molecule has 0 aliphatic heterocycles. The van der Waals surface area contributed by atoms with Crippen molar-refractivity contribution >= 4 is 39.8 Å². The number of carbonyl (C=O) groups is 4. The maximum Gasteiger partial charge on any atom is 0.347 e. The molecule has 5 N–H and O–H groups in total. The summed E-state index contributed by atoms with van der Waals surface area (Å²) in [6, 6.07) is -1.56. The summed E-state index contributed by atoms with van der Waals surface area (Å²) in [7, 11) is 1.35. The Morgan fingerprint density at radius 1 is 1.06 bits per heavy atom. The lowest BCUT2D eigenvalue weighted by Crippen LogP contribution is -2.37. The topological polar surface area (TPSA) is 172 Å². The van der Waals surface area contributed by atoms with Gasteiger partial charge >= 0.3 is 5.63 Å². The number of rotatable bonds is 10. The van der Waals surface area contributed by atoms with Gasteiger partial charge in [-0.2, -0.15) is 0 Å². The molecule has 10 nitrogen and oxygen atoms in total. The van der Waals surface area contributed by atoms with Gasteiger partial charge in [0.05, 0.1) is 30.4 Å². The van der Waals surface area contributed by atoms with E-state index in [1.807, 2.05) is 0 Å². The maximum atomic E-state index is 13.7. The zero-order valence-electron chi connectivity index (χ0n) is 21.3. The van der Waals surface area contributed by atoms with Crippen LogP contribution in [0.2, 0.25) is 0 Å². The summed E-state index contributed by atoms with van der Waals surface area (Å²) in [5, 5.41) is 0.233. The van der Waals surface area contributed by atoms with Gasteiger partial charge in [-0.15, -0.1) is 0 Å². The van der Waals surface area contributed by atoms with E-state index in [0.29, 0.717) is 12.0 Å². The van der Waals surface area contributed by atoms with Crippen LogP contribution in [0.15, 0.2) is 9.21 Å². The Morgan fingerprint density at radius 3 is 2.22 bits per heavy atom. The zero-order chi connectivity index (χ0) is 26.9. The van der Waals surface area contributed by atoms with Crippen molar-refractivity contribution in [1.82, 2.24) is 0 Å². The van der Waals surface area contributed by atoms with Crippen molar-refractivity contribution in [3.05, 3.63) is 38.2 Å². The number of carbonyl (C=O) groups excluding carboxylic acids is 4. The summed E-state index contributed by atoms with van der Waals surface area (Å²) in [5.41, 5.74) is 14.6. The minimum Gasteiger partial charge on any atom is -0.422 e. The second-order valence-electron chi connectivity index (χ2n) is 9.59. The second-order valence-corrected chi connectivity index (χ2v) is 9.59. The molecule has 1 aliphatic carbocycles. The normalized spacial score (nSPS) is 15.2. The summed E-state index contributed by atoms with van der Waals surface area (Å²) >= 11 is 0. The van der Waals surface area contributed by atoms with Crippen LogP contribution in [-0.4, -0.2) is 42.3 Å². The van der Waals surface area contributed by atoms with Crippen molar-refractivity contribution < 1.29 is 28.4 Å². The van der Waals surface area contributed by atoms with Crippen LogP contribution in [0.25, 0.3) is 11.0 Å². The second kappa shape index (κ2) is 10.8. The number of hydrogen-bond acceptors (Lipinski definition) is 10. The van der Waals surface area contributed by atoms with Crippen LogP contribution >= 0.6 is 0 Å². The number of aryl methyl sites for hydroxylation is 2. The van der Waals surface area contributed by atoms with Crippen LogP contribution in [0.5, 0.6) is 0 Å². The predicted octanol–water partition coefficient (Wildman–Crippen LogP) is 2.64. The van der Waals surface area contributed by atoms with E-state index in [4.69, 9.17) is 20.7 Å². The van der Waals surface area contributed by atoms with Crippen LogP contribution in [0.3, 0.4) is 0 Å². The third-order valence-electron chi connectivity index (χ3n) is 6.67. The Bertz CT molecular complexity index is 1310. The molecule has 1 aromatic carbocycles. The number of benzene rings is 1. The van der Waals surface area contributed by atoms with E-state index in [-0.39, 0.29) is 76.3 Å². The lowest BCUT2D eigenvalue weighted by atomic mass is 9.81. The zero-order valence-corrected chi connectivity index (χ0v) is 21.3. The molecule has 2 atom stereocenters. The fourth-order valence-corrected chi connectivity index (χ4v) is 4.59. The first-order valence-electron chi connectivity index (χ1n) is 12.0. The van der Waals surface area contributed by atoms with Gasteiger partial charge in [0.25, 0.3) is 0 Å². The van der Waals surface area contributed by atoms with Gasteiger partial charge in [0.1, 0.15) is 16.9 Å². The Kier molecular flexibility index (Phi) is 8.22. The highest BCUT2D eigenvalue weighted by molar-refractivity contribution is 6.23. The van der Waals surface area contributed by atoms with E-state index < -0.39 is 35.1 Å². The first-order chi connectivity index (χ1) is 16.9. The molecule has 0 fully saturated rings. The van der Waals surface area contributed by atoms with E-state index in [1.165, 1.54) is 7.11 Å². The SMILES string of the molecule is CONc1c(C(=O)[C@@H](N)C(C)C)c2c3c(C)c(c(=O)oc3c1CCCC(=O)[C@H](C)N)C(=O)CCC2=O. The molecular formula is C26H33N3O7. The van der Waals surface area contributed by atoms with Gasteiger partial charge in [-0.25, -0.2) is 4.79 Å². The lowest BCUT2D eigenvalue weighted by molar-refractivity contribution is -0.120. The van der Waals surface area contributed by atoms with E-state index in [9.17, 15) is 24.0 Å². The minimum atomic E-state index is -0.931. The molecule has 0 radical (unpaired) electrons. The average Bonchev–Trinajstić information content (AvgIpc) is 2.81. The molecule has 0 spiro atoms. The molecule has 0 unspecified atom stereocenters. The Balaban J connectivity index is 2.46. The number of Topliss-reactive ketones (excluding diaryl/α,β-unsaturated/α-hetero) is 4. The monoisotopic (exact) mass is 499 g/mol. The largest absolute Gasteiger partial charge is 0.422 e. The van der Waals surface area contributed by atoms with E-state index in [1.54, 1.807) is 27.7 Å². The Hall–Kier alpha value is -3.21. The molecule has 194 valence electrons. The number of fused-ring (bicyclic) bond motifs is 1. The summed E-state index contributed by atoms with van der Waals surface area (Å²) < 4.78 is 5.65. The first kappa shape index (κ1) is 27.4. The molecule has 3 rings (SSSR count). The maximum absolute atomic E-state index is 13.7.